The number of benzene rings is 1. The number of halogens is 1. The quantitative estimate of drug-likeness (QED) is 0.813. The Kier molecular flexibility index (Phi) is 3.98. The number of nitrogens with one attached hydrogen (secondary N) is 1. The van der Waals surface area contributed by atoms with Gasteiger partial charge in [0.15, 0.2) is 0 Å². The molecule has 1 atom stereocenters. The second-order valence-electron chi connectivity index (χ2n) is 5.50. The predicted octanol–water partition coefficient (Wildman–Crippen LogP) is 4.44. The van der Waals surface area contributed by atoms with E-state index in [0.717, 1.165) is 0 Å². The first-order valence-corrected chi connectivity index (χ1v) is 9.61. The highest BCUT2D eigenvalue weighted by Crippen LogP contribution is 2.43. The maximum Gasteiger partial charge on any atom is 0.0450 e. The lowest BCUT2D eigenvalue weighted by molar-refractivity contribution is 0.596. The summed E-state index contributed by atoms with van der Waals surface area (Å²) in [5, 5.41) is 4.18. The van der Waals surface area contributed by atoms with Crippen molar-refractivity contribution in [2.45, 2.75) is 44.3 Å². The molecule has 0 spiro atoms. The van der Waals surface area contributed by atoms with Crippen LogP contribution in [0.15, 0.2) is 22.7 Å². The molecule has 0 radical (unpaired) electrons. The van der Waals surface area contributed by atoms with Gasteiger partial charge in [-0.25, -0.2) is 0 Å². The molecule has 0 amide bonds. The first-order chi connectivity index (χ1) is 8.09. The number of anilines is 1. The normalized spacial score (nSPS) is 23.4. The minimum absolute atomic E-state index is 0.539. The molecule has 2 rings (SSSR count). The fraction of sp³-hybridized carbons (Fsp3) is 0.571. The Morgan fingerprint density at radius 3 is 2.71 bits per heavy atom. The van der Waals surface area contributed by atoms with Crippen LogP contribution < -0.4 is 5.32 Å². The molecule has 0 aromatic heterocycles. The van der Waals surface area contributed by atoms with Crippen LogP contribution in [0.4, 0.5) is 5.69 Å². The van der Waals surface area contributed by atoms with E-state index >= 15 is 0 Å². The summed E-state index contributed by atoms with van der Waals surface area (Å²) < 4.78 is 1.20. The van der Waals surface area contributed by atoms with Crippen LogP contribution in [0.2, 0.25) is 17.1 Å². The van der Waals surface area contributed by atoms with Gasteiger partial charge in [-0.1, -0.05) is 48.8 Å². The fourth-order valence-corrected chi connectivity index (χ4v) is 7.10. The van der Waals surface area contributed by atoms with Crippen molar-refractivity contribution in [1.82, 2.24) is 0 Å². The third-order valence-electron chi connectivity index (χ3n) is 4.32. The first-order valence-electron chi connectivity index (χ1n) is 6.61. The highest BCUT2D eigenvalue weighted by atomic mass is 79.9. The molecule has 17 heavy (non-hydrogen) atoms. The van der Waals surface area contributed by atoms with E-state index in [0.29, 0.717) is 5.04 Å². The largest absolute Gasteiger partial charge is 0.385 e. The van der Waals surface area contributed by atoms with E-state index in [2.05, 4.69) is 60.2 Å². The predicted molar refractivity (Wildman–Crippen MR) is 82.8 cm³/mol. The summed E-state index contributed by atoms with van der Waals surface area (Å²) in [6, 6.07) is 9.45. The average molecular weight is 312 g/mol. The van der Waals surface area contributed by atoms with Crippen molar-refractivity contribution in [2.24, 2.45) is 0 Å². The summed E-state index contributed by atoms with van der Waals surface area (Å²) in [5.41, 5.74) is 2.83. The Morgan fingerprint density at radius 2 is 2.06 bits per heavy atom. The SMILES string of the molecule is CC[SiH](CC)C1(C)CNc2ccc(Br)cc2C1. The van der Waals surface area contributed by atoms with E-state index < -0.39 is 8.80 Å². The molecule has 1 nitrogen and oxygen atoms in total. The van der Waals surface area contributed by atoms with Gasteiger partial charge in [-0.15, -0.1) is 0 Å². The molecule has 0 fully saturated rings. The third-order valence-corrected chi connectivity index (χ3v) is 9.16. The molecule has 1 unspecified atom stereocenters. The van der Waals surface area contributed by atoms with Crippen molar-refractivity contribution in [3.63, 3.8) is 0 Å². The Balaban J connectivity index is 2.27. The molecule has 1 N–H and O–H groups in total. The molecule has 1 aromatic carbocycles. The number of hydrogen-bond acceptors (Lipinski definition) is 1. The van der Waals surface area contributed by atoms with Crippen LogP contribution in [0.25, 0.3) is 0 Å². The summed E-state index contributed by atoms with van der Waals surface area (Å²) in [4.78, 5) is 0. The van der Waals surface area contributed by atoms with Crippen LogP contribution >= 0.6 is 15.9 Å². The summed E-state index contributed by atoms with van der Waals surface area (Å²) >= 11 is 3.58. The van der Waals surface area contributed by atoms with Crippen LogP contribution in [0.5, 0.6) is 0 Å². The maximum atomic E-state index is 3.64. The van der Waals surface area contributed by atoms with E-state index in [9.17, 15) is 0 Å². The lowest BCUT2D eigenvalue weighted by Gasteiger charge is -2.41. The second kappa shape index (κ2) is 5.15. The van der Waals surface area contributed by atoms with Gasteiger partial charge < -0.3 is 5.32 Å². The molecule has 1 aromatic rings. The van der Waals surface area contributed by atoms with Gasteiger partial charge in [-0.3, -0.25) is 0 Å². The zero-order chi connectivity index (χ0) is 12.5. The zero-order valence-electron chi connectivity index (χ0n) is 11.0. The average Bonchev–Trinajstić information content (AvgIpc) is 2.29. The van der Waals surface area contributed by atoms with E-state index in [1.165, 1.54) is 40.8 Å². The van der Waals surface area contributed by atoms with Gasteiger partial charge in [0, 0.05) is 25.5 Å². The lowest BCUT2D eigenvalue weighted by Crippen LogP contribution is -2.39. The highest BCUT2D eigenvalue weighted by molar-refractivity contribution is 9.10. The van der Waals surface area contributed by atoms with E-state index in [1.807, 2.05) is 0 Å². The Labute approximate surface area is 115 Å². The van der Waals surface area contributed by atoms with Crippen LogP contribution in [0.3, 0.4) is 0 Å². The van der Waals surface area contributed by atoms with E-state index in [1.54, 1.807) is 0 Å². The van der Waals surface area contributed by atoms with Crippen LogP contribution in [-0.2, 0) is 6.42 Å². The minimum atomic E-state index is -0.641. The maximum absolute atomic E-state index is 3.64. The van der Waals surface area contributed by atoms with Crippen molar-refractivity contribution in [1.29, 1.82) is 0 Å². The van der Waals surface area contributed by atoms with Crippen molar-refractivity contribution < 1.29 is 0 Å². The second-order valence-corrected chi connectivity index (χ2v) is 10.8. The molecule has 1 aliphatic rings. The van der Waals surface area contributed by atoms with Gasteiger partial charge in [-0.05, 0) is 35.2 Å². The van der Waals surface area contributed by atoms with Gasteiger partial charge in [-0.2, -0.15) is 0 Å². The molecular weight excluding hydrogens is 290 g/mol. The van der Waals surface area contributed by atoms with Gasteiger partial charge in [0.1, 0.15) is 0 Å². The van der Waals surface area contributed by atoms with Gasteiger partial charge >= 0.3 is 0 Å². The van der Waals surface area contributed by atoms with Gasteiger partial charge in [0.25, 0.3) is 0 Å². The number of hydrogen-bond donors (Lipinski definition) is 1. The van der Waals surface area contributed by atoms with Gasteiger partial charge in [0.2, 0.25) is 0 Å². The van der Waals surface area contributed by atoms with Crippen molar-refractivity contribution in [3.8, 4) is 0 Å². The smallest absolute Gasteiger partial charge is 0.0450 e. The molecule has 1 aliphatic heterocycles. The minimum Gasteiger partial charge on any atom is -0.385 e. The van der Waals surface area contributed by atoms with Crippen LogP contribution in [0, 0.1) is 0 Å². The lowest BCUT2D eigenvalue weighted by atomic mass is 9.94. The Bertz CT molecular complexity index is 403. The monoisotopic (exact) mass is 311 g/mol. The van der Waals surface area contributed by atoms with Crippen molar-refractivity contribution in [2.75, 3.05) is 11.9 Å². The molecule has 1 heterocycles. The molecule has 94 valence electrons. The first kappa shape index (κ1) is 13.2. The molecular formula is C14H22BrNSi. The zero-order valence-corrected chi connectivity index (χ0v) is 13.8. The van der Waals surface area contributed by atoms with Gasteiger partial charge in [0.05, 0.1) is 0 Å². The molecule has 0 aliphatic carbocycles. The molecule has 0 saturated heterocycles. The van der Waals surface area contributed by atoms with Crippen LogP contribution in [-0.4, -0.2) is 15.3 Å². The third kappa shape index (κ3) is 2.60. The summed E-state index contributed by atoms with van der Waals surface area (Å²) in [6.45, 7) is 8.41. The van der Waals surface area contributed by atoms with Crippen LogP contribution in [0.1, 0.15) is 26.3 Å². The fourth-order valence-electron chi connectivity index (χ4n) is 3.24. The summed E-state index contributed by atoms with van der Waals surface area (Å²) in [7, 11) is -0.641. The number of rotatable bonds is 3. The summed E-state index contributed by atoms with van der Waals surface area (Å²) in [6.07, 6.45) is 1.26. The Hall–Kier alpha value is -0.283. The molecule has 0 saturated carbocycles. The topological polar surface area (TPSA) is 12.0 Å². The van der Waals surface area contributed by atoms with Crippen molar-refractivity contribution in [3.05, 3.63) is 28.2 Å². The summed E-state index contributed by atoms with van der Waals surface area (Å²) in [5.74, 6) is 0. The van der Waals surface area contributed by atoms with E-state index in [4.69, 9.17) is 0 Å². The van der Waals surface area contributed by atoms with Crippen molar-refractivity contribution >= 4 is 30.4 Å². The standard InChI is InChI=1S/C14H22BrNSi/c1-4-17(5-2)14(3)9-11-8-12(15)6-7-13(11)16-10-14/h6-8,16-17H,4-5,9-10H2,1-3H3. The highest BCUT2D eigenvalue weighted by Gasteiger charge is 2.36. The van der Waals surface area contributed by atoms with E-state index in [-0.39, 0.29) is 0 Å². The Morgan fingerprint density at radius 1 is 1.35 bits per heavy atom. The molecule has 3 heteroatoms. The molecule has 0 bridgehead atoms. The number of fused-ring (bicyclic) bond motifs is 1.